The SMILES string of the molecule is Cc1nc([C@@]2(C)CCC(F)(F)C2)c(Cl)cc1-c1cc(OCc2ccccc2)c2c(C#N)nccc2n1. The average Bonchev–Trinajstić information content (AvgIpc) is 3.16. The lowest BCUT2D eigenvalue weighted by Crippen LogP contribution is -2.23. The normalized spacial score (nSPS) is 18.8. The van der Waals surface area contributed by atoms with Gasteiger partial charge in [0.2, 0.25) is 5.92 Å². The number of pyridine rings is 3. The van der Waals surface area contributed by atoms with Gasteiger partial charge in [0.25, 0.3) is 0 Å². The Hall–Kier alpha value is -3.63. The van der Waals surface area contributed by atoms with Crippen molar-refractivity contribution >= 4 is 22.5 Å². The largest absolute Gasteiger partial charge is 0.488 e. The van der Waals surface area contributed by atoms with Crippen molar-refractivity contribution in [1.29, 1.82) is 5.26 Å². The zero-order chi connectivity index (χ0) is 25.5. The molecule has 0 amide bonds. The van der Waals surface area contributed by atoms with Gasteiger partial charge in [0.15, 0.2) is 5.69 Å². The Balaban J connectivity index is 1.60. The number of benzene rings is 1. The maximum absolute atomic E-state index is 14.0. The third-order valence-corrected chi connectivity index (χ3v) is 7.02. The predicted molar refractivity (Wildman–Crippen MR) is 134 cm³/mol. The maximum atomic E-state index is 14.0. The van der Waals surface area contributed by atoms with Crippen molar-refractivity contribution in [2.75, 3.05) is 0 Å². The highest BCUT2D eigenvalue weighted by Gasteiger charge is 2.49. The van der Waals surface area contributed by atoms with Gasteiger partial charge in [-0.25, -0.2) is 18.7 Å². The van der Waals surface area contributed by atoms with Gasteiger partial charge in [-0.2, -0.15) is 5.26 Å². The molecule has 36 heavy (non-hydrogen) atoms. The zero-order valence-corrected chi connectivity index (χ0v) is 20.6. The minimum absolute atomic E-state index is 0.175. The Morgan fingerprint density at radius 3 is 2.58 bits per heavy atom. The molecule has 1 aromatic carbocycles. The molecule has 0 aliphatic heterocycles. The molecule has 0 unspecified atom stereocenters. The summed E-state index contributed by atoms with van der Waals surface area (Å²) in [5.74, 6) is -2.26. The van der Waals surface area contributed by atoms with Crippen molar-refractivity contribution in [2.45, 2.75) is 51.1 Å². The quantitative estimate of drug-likeness (QED) is 0.288. The van der Waals surface area contributed by atoms with Gasteiger partial charge in [-0.05, 0) is 31.0 Å². The van der Waals surface area contributed by atoms with E-state index in [1.807, 2.05) is 37.3 Å². The molecule has 1 atom stereocenters. The van der Waals surface area contributed by atoms with E-state index in [9.17, 15) is 14.0 Å². The van der Waals surface area contributed by atoms with E-state index >= 15 is 0 Å². The van der Waals surface area contributed by atoms with Crippen molar-refractivity contribution in [2.24, 2.45) is 0 Å². The van der Waals surface area contributed by atoms with Gasteiger partial charge in [-0.15, -0.1) is 0 Å². The molecule has 1 saturated carbocycles. The van der Waals surface area contributed by atoms with Crippen molar-refractivity contribution in [3.05, 3.63) is 82.4 Å². The van der Waals surface area contributed by atoms with E-state index in [0.29, 0.717) is 57.3 Å². The molecule has 3 aromatic heterocycles. The summed E-state index contributed by atoms with van der Waals surface area (Å²) in [5.41, 5.74) is 3.27. The maximum Gasteiger partial charge on any atom is 0.249 e. The monoisotopic (exact) mass is 504 g/mol. The second-order valence-electron chi connectivity index (χ2n) is 9.49. The number of halogens is 3. The second-order valence-corrected chi connectivity index (χ2v) is 9.90. The first kappa shape index (κ1) is 24.1. The van der Waals surface area contributed by atoms with Gasteiger partial charge < -0.3 is 4.74 Å². The van der Waals surface area contributed by atoms with E-state index in [0.717, 1.165) is 5.56 Å². The van der Waals surface area contributed by atoms with Crippen molar-refractivity contribution in [3.63, 3.8) is 0 Å². The summed E-state index contributed by atoms with van der Waals surface area (Å²) in [6, 6.07) is 17.0. The Labute approximate surface area is 212 Å². The number of hydrogen-bond donors (Lipinski definition) is 0. The molecule has 3 heterocycles. The van der Waals surface area contributed by atoms with Crippen LogP contribution in [0.2, 0.25) is 5.02 Å². The van der Waals surface area contributed by atoms with E-state index < -0.39 is 11.3 Å². The van der Waals surface area contributed by atoms with E-state index in [4.69, 9.17) is 26.3 Å². The third kappa shape index (κ3) is 4.49. The molecule has 1 aliphatic rings. The fourth-order valence-electron chi connectivity index (χ4n) is 4.89. The number of hydrogen-bond acceptors (Lipinski definition) is 5. The molecular formula is C28H23ClF2N4O. The topological polar surface area (TPSA) is 71.7 Å². The molecule has 0 saturated heterocycles. The molecule has 0 radical (unpaired) electrons. The Morgan fingerprint density at radius 1 is 1.11 bits per heavy atom. The molecule has 0 bridgehead atoms. The first-order valence-corrected chi connectivity index (χ1v) is 12.0. The minimum atomic E-state index is -2.72. The summed E-state index contributed by atoms with van der Waals surface area (Å²) < 4.78 is 34.2. The van der Waals surface area contributed by atoms with Gasteiger partial charge in [0, 0.05) is 41.8 Å². The first-order chi connectivity index (χ1) is 17.2. The highest BCUT2D eigenvalue weighted by Crippen LogP contribution is 2.50. The van der Waals surface area contributed by atoms with Gasteiger partial charge in [-0.3, -0.25) is 4.98 Å². The van der Waals surface area contributed by atoms with Gasteiger partial charge in [0.1, 0.15) is 18.4 Å². The summed E-state index contributed by atoms with van der Waals surface area (Å²) >= 11 is 6.64. The van der Waals surface area contributed by atoms with E-state index in [1.165, 1.54) is 6.20 Å². The molecule has 5 rings (SSSR count). The predicted octanol–water partition coefficient (Wildman–Crippen LogP) is 7.18. The fraction of sp³-hybridized carbons (Fsp3) is 0.286. The molecule has 1 fully saturated rings. The number of alkyl halides is 2. The van der Waals surface area contributed by atoms with E-state index in [1.54, 1.807) is 25.1 Å². The minimum Gasteiger partial charge on any atom is -0.488 e. The van der Waals surface area contributed by atoms with Gasteiger partial charge in [-0.1, -0.05) is 48.9 Å². The van der Waals surface area contributed by atoms with Crippen molar-refractivity contribution < 1.29 is 13.5 Å². The van der Waals surface area contributed by atoms with Crippen molar-refractivity contribution in [3.8, 4) is 23.1 Å². The molecule has 8 heteroatoms. The Kier molecular flexibility index (Phi) is 6.09. The summed E-state index contributed by atoms with van der Waals surface area (Å²) in [7, 11) is 0. The van der Waals surface area contributed by atoms with Crippen LogP contribution in [0.1, 0.15) is 48.8 Å². The molecule has 5 nitrogen and oxygen atoms in total. The highest BCUT2D eigenvalue weighted by molar-refractivity contribution is 6.31. The Bertz CT molecular complexity index is 1500. The number of rotatable bonds is 5. The van der Waals surface area contributed by atoms with Crippen LogP contribution in [0.5, 0.6) is 5.75 Å². The van der Waals surface area contributed by atoms with Crippen LogP contribution in [0, 0.1) is 18.3 Å². The molecule has 0 N–H and O–H groups in total. The number of ether oxygens (including phenoxy) is 1. The summed E-state index contributed by atoms with van der Waals surface area (Å²) in [5, 5.41) is 10.5. The fourth-order valence-corrected chi connectivity index (χ4v) is 5.27. The molecular weight excluding hydrogens is 482 g/mol. The lowest BCUT2D eigenvalue weighted by Gasteiger charge is -2.25. The highest BCUT2D eigenvalue weighted by atomic mass is 35.5. The first-order valence-electron chi connectivity index (χ1n) is 11.6. The number of aromatic nitrogens is 3. The zero-order valence-electron chi connectivity index (χ0n) is 19.9. The second kappa shape index (κ2) is 9.11. The number of nitrogens with zero attached hydrogens (tertiary/aromatic N) is 4. The van der Waals surface area contributed by atoms with E-state index in [2.05, 4.69) is 11.1 Å². The molecule has 0 spiro atoms. The van der Waals surface area contributed by atoms with Crippen LogP contribution in [-0.4, -0.2) is 20.9 Å². The van der Waals surface area contributed by atoms with E-state index in [-0.39, 0.29) is 18.5 Å². The van der Waals surface area contributed by atoms with Crippen molar-refractivity contribution in [1.82, 2.24) is 15.0 Å². The standard InChI is InChI=1S/C28H23ClF2N4O/c1-17-19(12-20(29)26(34-17)27(2)9-10-28(30,31)16-27)22-13-24(36-15-18-6-4-3-5-7-18)25-21(35-22)8-11-33-23(25)14-32/h3-8,11-13H,9-10,15-16H2,1-2H3/t27-/m0/s1. The average molecular weight is 505 g/mol. The summed E-state index contributed by atoms with van der Waals surface area (Å²) in [6.07, 6.45) is 1.40. The lowest BCUT2D eigenvalue weighted by atomic mass is 9.84. The summed E-state index contributed by atoms with van der Waals surface area (Å²) in [4.78, 5) is 13.6. The van der Waals surface area contributed by atoms with Crippen LogP contribution < -0.4 is 4.74 Å². The van der Waals surface area contributed by atoms with Gasteiger partial charge in [0.05, 0.1) is 27.3 Å². The smallest absolute Gasteiger partial charge is 0.249 e. The number of aryl methyl sites for hydroxylation is 1. The molecule has 182 valence electrons. The van der Waals surface area contributed by atoms with Crippen LogP contribution in [-0.2, 0) is 12.0 Å². The molecule has 1 aliphatic carbocycles. The van der Waals surface area contributed by atoms with Gasteiger partial charge >= 0.3 is 0 Å². The third-order valence-electron chi connectivity index (χ3n) is 6.73. The summed E-state index contributed by atoms with van der Waals surface area (Å²) in [6.45, 7) is 3.90. The number of fused-ring (bicyclic) bond motifs is 1. The van der Waals surface area contributed by atoms with Crippen LogP contribution in [0.3, 0.4) is 0 Å². The Morgan fingerprint density at radius 2 is 1.89 bits per heavy atom. The van der Waals surface area contributed by atoms with Crippen LogP contribution in [0.4, 0.5) is 8.78 Å². The van der Waals surface area contributed by atoms with Crippen LogP contribution in [0.25, 0.3) is 22.2 Å². The lowest BCUT2D eigenvalue weighted by molar-refractivity contribution is 0.00335. The number of nitriles is 1. The van der Waals surface area contributed by atoms with Crippen LogP contribution >= 0.6 is 11.6 Å². The van der Waals surface area contributed by atoms with Crippen LogP contribution in [0.15, 0.2) is 54.7 Å². The molecule has 4 aromatic rings.